The molecule has 0 aliphatic heterocycles. The molecule has 0 aromatic heterocycles. The molecule has 1 atom stereocenters. The summed E-state index contributed by atoms with van der Waals surface area (Å²) >= 11 is 0. The maximum absolute atomic E-state index is 12.1. The van der Waals surface area contributed by atoms with Gasteiger partial charge in [0.15, 0.2) is 5.78 Å². The van der Waals surface area contributed by atoms with Crippen LogP contribution in [0.25, 0.3) is 0 Å². The summed E-state index contributed by atoms with van der Waals surface area (Å²) in [6.07, 6.45) is 8.73. The monoisotopic (exact) mass is 193 g/mol. The molecule has 2 N–H and O–H groups in total. The largest absolute Gasteiger partial charge is 0.319 e. The summed E-state index contributed by atoms with van der Waals surface area (Å²) < 4.78 is 0. The molecule has 1 fully saturated rings. The molecular weight excluding hydrogens is 174 g/mol. The minimum absolute atomic E-state index is 0.208. The number of allylic oxidation sites excluding steroid dienone is 1. The van der Waals surface area contributed by atoms with Gasteiger partial charge in [0, 0.05) is 0 Å². The second-order valence-electron chi connectivity index (χ2n) is 4.86. The van der Waals surface area contributed by atoms with E-state index in [1.165, 1.54) is 6.42 Å². The van der Waals surface area contributed by atoms with Crippen LogP contribution in [0.15, 0.2) is 11.6 Å². The Balaban J connectivity index is 2.09. The number of hydrogen-bond acceptors (Lipinski definition) is 2. The summed E-state index contributed by atoms with van der Waals surface area (Å²) in [5.41, 5.74) is 6.52. The van der Waals surface area contributed by atoms with Crippen LogP contribution in [0.3, 0.4) is 0 Å². The second kappa shape index (κ2) is 3.50. The molecule has 0 saturated heterocycles. The highest BCUT2D eigenvalue weighted by atomic mass is 16.1. The molecule has 2 heteroatoms. The van der Waals surface area contributed by atoms with Gasteiger partial charge in [-0.3, -0.25) is 4.79 Å². The molecule has 1 unspecified atom stereocenters. The van der Waals surface area contributed by atoms with Crippen LogP contribution in [0.1, 0.15) is 45.4 Å². The third kappa shape index (κ3) is 1.76. The maximum Gasteiger partial charge on any atom is 0.178 e. The lowest BCUT2D eigenvalue weighted by Crippen LogP contribution is -2.48. The van der Waals surface area contributed by atoms with E-state index in [0.717, 1.165) is 37.7 Å². The van der Waals surface area contributed by atoms with Crippen LogP contribution < -0.4 is 5.73 Å². The van der Waals surface area contributed by atoms with E-state index >= 15 is 0 Å². The molecule has 0 spiro atoms. The van der Waals surface area contributed by atoms with Gasteiger partial charge in [-0.05, 0) is 56.9 Å². The Morgan fingerprint density at radius 1 is 1.50 bits per heavy atom. The Kier molecular flexibility index (Phi) is 2.48. The quantitative estimate of drug-likeness (QED) is 0.746. The number of ketones is 1. The van der Waals surface area contributed by atoms with Gasteiger partial charge in [0.2, 0.25) is 0 Å². The average molecular weight is 193 g/mol. The predicted molar refractivity (Wildman–Crippen MR) is 56.9 cm³/mol. The fourth-order valence-electron chi connectivity index (χ4n) is 2.26. The number of hydrogen-bond donors (Lipinski definition) is 1. The zero-order valence-corrected chi connectivity index (χ0v) is 8.88. The standard InChI is InChI=1S/C12H19NO/c1-12(13,10-7-8-10)11(14)9-5-3-2-4-6-9/h5,10H,2-4,6-8,13H2,1H3. The molecule has 0 radical (unpaired) electrons. The van der Waals surface area contributed by atoms with E-state index in [1.54, 1.807) is 0 Å². The summed E-state index contributed by atoms with van der Waals surface area (Å²) in [5, 5.41) is 0. The van der Waals surface area contributed by atoms with E-state index in [4.69, 9.17) is 5.73 Å². The van der Waals surface area contributed by atoms with Crippen molar-refractivity contribution < 1.29 is 4.79 Å². The van der Waals surface area contributed by atoms with Gasteiger partial charge >= 0.3 is 0 Å². The zero-order valence-electron chi connectivity index (χ0n) is 8.88. The molecule has 78 valence electrons. The van der Waals surface area contributed by atoms with Gasteiger partial charge in [-0.25, -0.2) is 0 Å². The first-order chi connectivity index (χ1) is 6.62. The molecule has 2 aliphatic rings. The van der Waals surface area contributed by atoms with Crippen molar-refractivity contribution in [3.8, 4) is 0 Å². The van der Waals surface area contributed by atoms with Gasteiger partial charge in [-0.15, -0.1) is 0 Å². The van der Waals surface area contributed by atoms with Gasteiger partial charge in [0.05, 0.1) is 5.54 Å². The summed E-state index contributed by atoms with van der Waals surface area (Å²) in [6, 6.07) is 0. The first-order valence-corrected chi connectivity index (χ1v) is 5.65. The molecule has 14 heavy (non-hydrogen) atoms. The first kappa shape index (κ1) is 9.91. The maximum atomic E-state index is 12.1. The first-order valence-electron chi connectivity index (χ1n) is 5.65. The molecule has 2 aliphatic carbocycles. The van der Waals surface area contributed by atoms with Crippen molar-refractivity contribution in [3.05, 3.63) is 11.6 Å². The minimum atomic E-state index is -0.580. The van der Waals surface area contributed by atoms with E-state index in [1.807, 2.05) is 6.92 Å². The van der Waals surface area contributed by atoms with E-state index < -0.39 is 5.54 Å². The van der Waals surface area contributed by atoms with Gasteiger partial charge in [-0.2, -0.15) is 0 Å². The second-order valence-corrected chi connectivity index (χ2v) is 4.86. The Hall–Kier alpha value is -0.630. The van der Waals surface area contributed by atoms with E-state index in [9.17, 15) is 4.79 Å². The summed E-state index contributed by atoms with van der Waals surface area (Å²) in [5.74, 6) is 0.650. The van der Waals surface area contributed by atoms with Crippen LogP contribution in [0.4, 0.5) is 0 Å². The van der Waals surface area contributed by atoms with Crippen molar-refractivity contribution in [3.63, 3.8) is 0 Å². The number of nitrogens with two attached hydrogens (primary N) is 1. The van der Waals surface area contributed by atoms with Crippen molar-refractivity contribution in [2.75, 3.05) is 0 Å². The fraction of sp³-hybridized carbons (Fsp3) is 0.750. The van der Waals surface area contributed by atoms with Gasteiger partial charge in [0.25, 0.3) is 0 Å². The van der Waals surface area contributed by atoms with Crippen LogP contribution in [-0.4, -0.2) is 11.3 Å². The average Bonchev–Trinajstić information content (AvgIpc) is 3.01. The molecule has 2 rings (SSSR count). The highest BCUT2D eigenvalue weighted by molar-refractivity contribution is 6.02. The minimum Gasteiger partial charge on any atom is -0.319 e. The van der Waals surface area contributed by atoms with E-state index in [0.29, 0.717) is 5.92 Å². The Labute approximate surface area is 85.6 Å². The summed E-state index contributed by atoms with van der Waals surface area (Å²) in [7, 11) is 0. The van der Waals surface area contributed by atoms with Crippen molar-refractivity contribution in [1.29, 1.82) is 0 Å². The van der Waals surface area contributed by atoms with Crippen LogP contribution >= 0.6 is 0 Å². The summed E-state index contributed by atoms with van der Waals surface area (Å²) in [6.45, 7) is 1.91. The van der Waals surface area contributed by atoms with E-state index in [2.05, 4.69) is 6.08 Å². The van der Waals surface area contributed by atoms with Crippen LogP contribution in [0.2, 0.25) is 0 Å². The number of rotatable bonds is 3. The van der Waals surface area contributed by atoms with Gasteiger partial charge in [-0.1, -0.05) is 6.08 Å². The molecular formula is C12H19NO. The van der Waals surface area contributed by atoms with Crippen LogP contribution in [0, 0.1) is 5.92 Å². The highest BCUT2D eigenvalue weighted by Gasteiger charge is 2.44. The van der Waals surface area contributed by atoms with E-state index in [-0.39, 0.29) is 5.78 Å². The number of carbonyl (C=O) groups excluding carboxylic acids is 1. The molecule has 0 heterocycles. The Morgan fingerprint density at radius 3 is 2.71 bits per heavy atom. The molecule has 0 aromatic carbocycles. The zero-order chi connectivity index (χ0) is 10.2. The lowest BCUT2D eigenvalue weighted by molar-refractivity contribution is -0.120. The molecule has 0 amide bonds. The van der Waals surface area contributed by atoms with Crippen molar-refractivity contribution in [1.82, 2.24) is 0 Å². The van der Waals surface area contributed by atoms with Gasteiger partial charge < -0.3 is 5.73 Å². The van der Waals surface area contributed by atoms with Crippen LogP contribution in [-0.2, 0) is 4.79 Å². The van der Waals surface area contributed by atoms with Crippen molar-refractivity contribution >= 4 is 5.78 Å². The third-order valence-electron chi connectivity index (χ3n) is 3.50. The molecule has 0 aromatic rings. The highest BCUT2D eigenvalue weighted by Crippen LogP contribution is 2.40. The lowest BCUT2D eigenvalue weighted by atomic mass is 9.83. The third-order valence-corrected chi connectivity index (χ3v) is 3.50. The topological polar surface area (TPSA) is 43.1 Å². The molecule has 2 nitrogen and oxygen atoms in total. The molecule has 0 bridgehead atoms. The summed E-state index contributed by atoms with van der Waals surface area (Å²) in [4.78, 5) is 12.1. The fourth-order valence-corrected chi connectivity index (χ4v) is 2.26. The number of Topliss-reactive ketones (excluding diaryl/α,β-unsaturated/α-hetero) is 1. The van der Waals surface area contributed by atoms with Crippen molar-refractivity contribution in [2.24, 2.45) is 11.7 Å². The van der Waals surface area contributed by atoms with Crippen LogP contribution in [0.5, 0.6) is 0 Å². The van der Waals surface area contributed by atoms with Crippen molar-refractivity contribution in [2.45, 2.75) is 51.0 Å². The lowest BCUT2D eigenvalue weighted by Gasteiger charge is -2.25. The smallest absolute Gasteiger partial charge is 0.178 e. The van der Waals surface area contributed by atoms with Gasteiger partial charge in [0.1, 0.15) is 0 Å². The Bertz CT molecular complexity index is 274. The predicted octanol–water partition coefficient (Wildman–Crippen LogP) is 2.18. The normalized spacial score (nSPS) is 26.6. The SMILES string of the molecule is CC(N)(C(=O)C1=CCCCC1)C1CC1. The number of carbonyl (C=O) groups is 1. The Morgan fingerprint density at radius 2 is 2.21 bits per heavy atom. The molecule has 1 saturated carbocycles.